The first-order chi connectivity index (χ1) is 9.63. The lowest BCUT2D eigenvalue weighted by Gasteiger charge is -2.05. The van der Waals surface area contributed by atoms with Gasteiger partial charge < -0.3 is 4.57 Å². The van der Waals surface area contributed by atoms with Gasteiger partial charge in [0.1, 0.15) is 0 Å². The maximum atomic E-state index is 5.45. The monoisotopic (exact) mass is 319 g/mol. The molecule has 0 aliphatic heterocycles. The number of fused-ring (bicyclic) bond motifs is 1. The van der Waals surface area contributed by atoms with Crippen LogP contribution in [0.1, 0.15) is 11.4 Å². The highest BCUT2D eigenvalue weighted by molar-refractivity contribution is 7.98. The van der Waals surface area contributed by atoms with Gasteiger partial charge in [0, 0.05) is 11.4 Å². The number of thioether (sulfide) groups is 1. The van der Waals surface area contributed by atoms with Crippen molar-refractivity contribution >= 4 is 45.5 Å². The highest BCUT2D eigenvalue weighted by Crippen LogP contribution is 2.26. The van der Waals surface area contributed by atoms with Crippen LogP contribution in [0, 0.1) is 17.8 Å². The number of hydrogen-bond acceptors (Lipinski definition) is 5. The molecule has 0 radical (unpaired) electrons. The molecule has 0 saturated carbocycles. The van der Waals surface area contributed by atoms with Crippen LogP contribution in [0.25, 0.3) is 10.2 Å². The fourth-order valence-corrected chi connectivity index (χ4v) is 4.43. The average molecular weight is 319 g/mol. The summed E-state index contributed by atoms with van der Waals surface area (Å²) in [5.41, 5.74) is 3.18. The molecule has 0 bridgehead atoms. The highest BCUT2D eigenvalue weighted by Gasteiger charge is 2.06. The largest absolute Gasteiger partial charge is 0.313 e. The summed E-state index contributed by atoms with van der Waals surface area (Å²) >= 11 is 8.71. The normalized spacial score (nSPS) is 11.1. The zero-order valence-corrected chi connectivity index (χ0v) is 13.6. The lowest BCUT2D eigenvalue weighted by atomic mass is 10.3. The second kappa shape index (κ2) is 5.63. The van der Waals surface area contributed by atoms with Crippen LogP contribution < -0.4 is 0 Å². The number of nitrogens with zero attached hydrogens (tertiary/aromatic N) is 3. The van der Waals surface area contributed by atoms with E-state index in [1.807, 2.05) is 32.0 Å². The van der Waals surface area contributed by atoms with E-state index in [0.29, 0.717) is 0 Å². The number of hydrogen-bond donors (Lipinski definition) is 0. The Morgan fingerprint density at radius 3 is 2.65 bits per heavy atom. The maximum Gasteiger partial charge on any atom is 0.189 e. The van der Waals surface area contributed by atoms with Crippen LogP contribution in [-0.4, -0.2) is 14.5 Å². The molecule has 0 N–H and O–H groups in total. The Bertz CT molecular complexity index is 800. The molecule has 102 valence electrons. The van der Waals surface area contributed by atoms with Crippen molar-refractivity contribution in [3.8, 4) is 0 Å². The van der Waals surface area contributed by atoms with Gasteiger partial charge in [0.25, 0.3) is 0 Å². The number of aromatic nitrogens is 3. The number of benzene rings is 1. The van der Waals surface area contributed by atoms with E-state index < -0.39 is 0 Å². The fourth-order valence-electron chi connectivity index (χ4n) is 2.02. The Morgan fingerprint density at radius 2 is 1.90 bits per heavy atom. The molecule has 3 rings (SSSR count). The molecule has 0 fully saturated rings. The number of rotatable bonds is 3. The zero-order chi connectivity index (χ0) is 14.1. The molecular weight excluding hydrogens is 306 g/mol. The van der Waals surface area contributed by atoms with E-state index >= 15 is 0 Å². The van der Waals surface area contributed by atoms with Crippen LogP contribution in [0.3, 0.4) is 0 Å². The van der Waals surface area contributed by atoms with E-state index in [4.69, 9.17) is 12.2 Å². The van der Waals surface area contributed by atoms with Crippen LogP contribution in [0.5, 0.6) is 0 Å². The van der Waals surface area contributed by atoms with Gasteiger partial charge in [-0.05, 0) is 44.3 Å². The summed E-state index contributed by atoms with van der Waals surface area (Å²) in [6, 6.07) is 10.3. The molecule has 0 atom stereocenters. The molecule has 3 aromatic rings. The third kappa shape index (κ3) is 2.77. The molecule has 0 saturated heterocycles. The molecular formula is C14H13N3S3. The van der Waals surface area contributed by atoms with E-state index in [-0.39, 0.29) is 0 Å². The topological polar surface area (TPSA) is 30.7 Å². The Hall–Kier alpha value is -1.24. The first-order valence-electron chi connectivity index (χ1n) is 6.17. The first-order valence-corrected chi connectivity index (χ1v) is 8.38. The number of thiazole rings is 1. The summed E-state index contributed by atoms with van der Waals surface area (Å²) < 4.78 is 4.25. The average Bonchev–Trinajstić information content (AvgIpc) is 2.71. The van der Waals surface area contributed by atoms with Crippen molar-refractivity contribution in [1.82, 2.24) is 14.5 Å². The molecule has 1 aromatic carbocycles. The lowest BCUT2D eigenvalue weighted by Crippen LogP contribution is -1.97. The maximum absolute atomic E-state index is 5.45. The summed E-state index contributed by atoms with van der Waals surface area (Å²) in [4.78, 5) is 8.90. The Morgan fingerprint density at radius 1 is 1.20 bits per heavy atom. The third-order valence-electron chi connectivity index (χ3n) is 2.86. The van der Waals surface area contributed by atoms with Gasteiger partial charge in [-0.25, -0.2) is 9.97 Å². The minimum Gasteiger partial charge on any atom is -0.313 e. The minimum absolute atomic E-state index is 0.742. The van der Waals surface area contributed by atoms with Gasteiger partial charge >= 0.3 is 0 Å². The summed E-state index contributed by atoms with van der Waals surface area (Å²) in [6.07, 6.45) is 0. The summed E-state index contributed by atoms with van der Waals surface area (Å²) in [5.74, 6) is 0.742. The van der Waals surface area contributed by atoms with Crippen molar-refractivity contribution in [2.75, 3.05) is 0 Å². The van der Waals surface area contributed by atoms with E-state index in [9.17, 15) is 0 Å². The van der Waals surface area contributed by atoms with Crippen molar-refractivity contribution in [2.24, 2.45) is 0 Å². The van der Waals surface area contributed by atoms with Gasteiger partial charge in [-0.3, -0.25) is 0 Å². The molecule has 0 amide bonds. The van der Waals surface area contributed by atoms with Crippen molar-refractivity contribution in [3.63, 3.8) is 0 Å². The van der Waals surface area contributed by atoms with Crippen LogP contribution in [0.4, 0.5) is 0 Å². The number of para-hydroxylation sites is 1. The van der Waals surface area contributed by atoms with Gasteiger partial charge in [0.2, 0.25) is 0 Å². The van der Waals surface area contributed by atoms with Gasteiger partial charge in [0.15, 0.2) is 9.11 Å². The SMILES string of the molecule is Cc1cc(C)nc(SCn2c(=S)sc3ccccc32)n1. The van der Waals surface area contributed by atoms with Crippen molar-refractivity contribution in [1.29, 1.82) is 0 Å². The minimum atomic E-state index is 0.742. The van der Waals surface area contributed by atoms with E-state index in [0.717, 1.165) is 26.4 Å². The fraction of sp³-hybridized carbons (Fsp3) is 0.214. The molecule has 0 aliphatic rings. The Balaban J connectivity index is 1.90. The number of aryl methyl sites for hydroxylation is 2. The molecule has 0 unspecified atom stereocenters. The van der Waals surface area contributed by atoms with Gasteiger partial charge in [-0.15, -0.1) is 11.3 Å². The summed E-state index contributed by atoms with van der Waals surface area (Å²) in [6.45, 7) is 3.98. The van der Waals surface area contributed by atoms with Crippen molar-refractivity contribution in [2.45, 2.75) is 24.9 Å². The molecule has 3 nitrogen and oxygen atoms in total. The smallest absolute Gasteiger partial charge is 0.189 e. The van der Waals surface area contributed by atoms with Crippen LogP contribution in [-0.2, 0) is 5.88 Å². The van der Waals surface area contributed by atoms with Crippen LogP contribution >= 0.6 is 35.3 Å². The first kappa shape index (κ1) is 13.7. The molecule has 0 aliphatic carbocycles. The summed E-state index contributed by atoms with van der Waals surface area (Å²) in [5, 5.41) is 0.805. The predicted molar refractivity (Wildman–Crippen MR) is 88.0 cm³/mol. The second-order valence-electron chi connectivity index (χ2n) is 4.47. The third-order valence-corrected chi connectivity index (χ3v) is 5.12. The standard InChI is InChI=1S/C14H13N3S3/c1-9-7-10(2)16-13(15-9)19-8-17-11-5-3-4-6-12(11)20-14(17)18/h3-7H,8H2,1-2H3. The highest BCUT2D eigenvalue weighted by atomic mass is 32.2. The predicted octanol–water partition coefficient (Wildman–Crippen LogP) is 4.59. The molecule has 2 heterocycles. The van der Waals surface area contributed by atoms with E-state index in [2.05, 4.69) is 26.7 Å². The van der Waals surface area contributed by atoms with Crippen LogP contribution in [0.15, 0.2) is 35.5 Å². The van der Waals surface area contributed by atoms with E-state index in [1.54, 1.807) is 23.1 Å². The second-order valence-corrected chi connectivity index (χ2v) is 7.06. The molecule has 0 spiro atoms. The molecule has 2 aromatic heterocycles. The van der Waals surface area contributed by atoms with E-state index in [1.165, 1.54) is 10.2 Å². The molecule has 6 heteroatoms. The van der Waals surface area contributed by atoms with Crippen molar-refractivity contribution in [3.05, 3.63) is 45.7 Å². The van der Waals surface area contributed by atoms with Gasteiger partial charge in [-0.2, -0.15) is 0 Å². The lowest BCUT2D eigenvalue weighted by molar-refractivity contribution is 0.879. The van der Waals surface area contributed by atoms with Gasteiger partial charge in [0.05, 0.1) is 16.1 Å². The molecule has 20 heavy (non-hydrogen) atoms. The van der Waals surface area contributed by atoms with Crippen LogP contribution in [0.2, 0.25) is 0 Å². The van der Waals surface area contributed by atoms with Crippen molar-refractivity contribution < 1.29 is 0 Å². The van der Waals surface area contributed by atoms with Gasteiger partial charge in [-0.1, -0.05) is 23.9 Å². The Labute approximate surface area is 130 Å². The summed E-state index contributed by atoms with van der Waals surface area (Å²) in [7, 11) is 0. The quantitative estimate of drug-likeness (QED) is 0.401. The zero-order valence-electron chi connectivity index (χ0n) is 11.2. The Kier molecular flexibility index (Phi) is 3.87.